The summed E-state index contributed by atoms with van der Waals surface area (Å²) in [5, 5.41) is 11.6. The van der Waals surface area contributed by atoms with Gasteiger partial charge in [0, 0.05) is 25.8 Å². The fraction of sp³-hybridized carbons (Fsp3) is 0.241. The van der Waals surface area contributed by atoms with E-state index in [2.05, 4.69) is 0 Å². The highest BCUT2D eigenvalue weighted by molar-refractivity contribution is 6.46. The van der Waals surface area contributed by atoms with Crippen LogP contribution in [0.3, 0.4) is 0 Å². The number of nitrogens with zero attached hydrogens (tertiary/aromatic N) is 1. The lowest BCUT2D eigenvalue weighted by Gasteiger charge is -2.25. The Bertz CT molecular complexity index is 1310. The molecule has 4 rings (SSSR count). The number of ketones is 1. The third-order valence-corrected chi connectivity index (χ3v) is 6.24. The quantitative estimate of drug-likeness (QED) is 0.153. The molecule has 0 spiro atoms. The van der Waals surface area contributed by atoms with Crippen molar-refractivity contribution in [2.75, 3.05) is 26.9 Å². The minimum absolute atomic E-state index is 0.0143. The largest absolute Gasteiger partial charge is 0.507 e. The summed E-state index contributed by atoms with van der Waals surface area (Å²) in [7, 11) is 1.58. The van der Waals surface area contributed by atoms with Crippen LogP contribution in [0.15, 0.2) is 78.4 Å². The summed E-state index contributed by atoms with van der Waals surface area (Å²) in [6, 6.07) is 20.4. The van der Waals surface area contributed by atoms with E-state index in [-0.39, 0.29) is 22.9 Å². The van der Waals surface area contributed by atoms with Gasteiger partial charge in [0.15, 0.2) is 0 Å². The number of ether oxygens (including phenoxy) is 3. The zero-order valence-electron chi connectivity index (χ0n) is 20.6. The van der Waals surface area contributed by atoms with Crippen molar-refractivity contribution in [2.45, 2.75) is 19.4 Å². The zero-order chi connectivity index (χ0) is 26.4. The average molecular weight is 522 g/mol. The number of aliphatic hydroxyl groups excluding tert-OH is 1. The van der Waals surface area contributed by atoms with Crippen LogP contribution in [0.4, 0.5) is 0 Å². The SMILES string of the molecule is CCOc1ccc(C(O)=C2C(=O)C(=O)N(CCCOC)C2c2cccc(Oc3ccccc3)c2)cc1Cl. The van der Waals surface area contributed by atoms with Gasteiger partial charge in [-0.05, 0) is 61.4 Å². The minimum atomic E-state index is -0.818. The van der Waals surface area contributed by atoms with E-state index >= 15 is 0 Å². The molecule has 0 bridgehead atoms. The van der Waals surface area contributed by atoms with Crippen molar-refractivity contribution >= 4 is 29.1 Å². The van der Waals surface area contributed by atoms with Crippen molar-refractivity contribution in [3.05, 3.63) is 94.5 Å². The smallest absolute Gasteiger partial charge is 0.295 e. The van der Waals surface area contributed by atoms with Crippen LogP contribution in [0.2, 0.25) is 5.02 Å². The van der Waals surface area contributed by atoms with Gasteiger partial charge in [0.25, 0.3) is 11.7 Å². The van der Waals surface area contributed by atoms with E-state index in [9.17, 15) is 14.7 Å². The summed E-state index contributed by atoms with van der Waals surface area (Å²) in [6.07, 6.45) is 0.523. The number of amides is 1. The number of likely N-dealkylation sites (tertiary alicyclic amines) is 1. The van der Waals surface area contributed by atoms with Crippen molar-refractivity contribution in [1.82, 2.24) is 4.90 Å². The van der Waals surface area contributed by atoms with E-state index in [0.29, 0.717) is 48.0 Å². The average Bonchev–Trinajstić information content (AvgIpc) is 3.15. The second-order valence-electron chi connectivity index (χ2n) is 8.40. The van der Waals surface area contributed by atoms with Gasteiger partial charge in [0.1, 0.15) is 23.0 Å². The van der Waals surface area contributed by atoms with Crippen LogP contribution in [0.1, 0.15) is 30.5 Å². The van der Waals surface area contributed by atoms with Crippen LogP contribution in [0.5, 0.6) is 17.2 Å². The molecule has 37 heavy (non-hydrogen) atoms. The summed E-state index contributed by atoms with van der Waals surface area (Å²) < 4.78 is 16.6. The topological polar surface area (TPSA) is 85.3 Å². The summed E-state index contributed by atoms with van der Waals surface area (Å²) in [6.45, 7) is 2.96. The third-order valence-electron chi connectivity index (χ3n) is 5.95. The van der Waals surface area contributed by atoms with E-state index < -0.39 is 17.7 Å². The highest BCUT2D eigenvalue weighted by atomic mass is 35.5. The van der Waals surface area contributed by atoms with E-state index in [1.807, 2.05) is 37.3 Å². The number of benzene rings is 3. The molecule has 8 heteroatoms. The molecule has 1 aliphatic heterocycles. The molecule has 1 amide bonds. The Morgan fingerprint density at radius 1 is 1.00 bits per heavy atom. The molecule has 0 aromatic heterocycles. The van der Waals surface area contributed by atoms with Crippen molar-refractivity contribution < 1.29 is 28.9 Å². The molecule has 1 aliphatic rings. The number of rotatable bonds is 10. The molecule has 192 valence electrons. The van der Waals surface area contributed by atoms with Gasteiger partial charge in [-0.2, -0.15) is 0 Å². The number of aliphatic hydroxyl groups is 1. The molecular weight excluding hydrogens is 494 g/mol. The van der Waals surface area contributed by atoms with Crippen LogP contribution in [0.25, 0.3) is 5.76 Å². The fourth-order valence-corrected chi connectivity index (χ4v) is 4.52. The number of hydrogen-bond donors (Lipinski definition) is 1. The van der Waals surface area contributed by atoms with Crippen LogP contribution in [-0.2, 0) is 14.3 Å². The maximum atomic E-state index is 13.2. The lowest BCUT2D eigenvalue weighted by molar-refractivity contribution is -0.140. The Labute approximate surface area is 220 Å². The standard InChI is InChI=1S/C29H28ClNO6/c1-3-36-24-14-13-20(18-23(24)30)27(32)25-26(31(15-8-16-35-2)29(34)28(25)33)19-9-7-12-22(17-19)37-21-10-5-4-6-11-21/h4-7,9-14,17-18,26,32H,3,8,15-16H2,1-2H3. The monoisotopic (exact) mass is 521 g/mol. The van der Waals surface area contributed by atoms with Gasteiger partial charge < -0.3 is 24.2 Å². The van der Waals surface area contributed by atoms with Crippen molar-refractivity contribution in [3.63, 3.8) is 0 Å². The molecule has 0 radical (unpaired) electrons. The molecule has 1 N–H and O–H groups in total. The number of methoxy groups -OCH3 is 1. The van der Waals surface area contributed by atoms with Gasteiger partial charge in [-0.3, -0.25) is 9.59 Å². The number of halogens is 1. The lowest BCUT2D eigenvalue weighted by Crippen LogP contribution is -2.31. The normalized spacial score (nSPS) is 16.7. The Morgan fingerprint density at radius 3 is 2.46 bits per heavy atom. The lowest BCUT2D eigenvalue weighted by atomic mass is 9.95. The van der Waals surface area contributed by atoms with Crippen LogP contribution in [-0.4, -0.2) is 48.6 Å². The molecule has 1 saturated heterocycles. The molecule has 1 unspecified atom stereocenters. The maximum Gasteiger partial charge on any atom is 0.295 e. The second kappa shape index (κ2) is 12.0. The van der Waals surface area contributed by atoms with E-state index in [1.54, 1.807) is 43.5 Å². The number of Topliss-reactive ketones (excluding diaryl/α,β-unsaturated/α-hetero) is 1. The van der Waals surface area contributed by atoms with Crippen molar-refractivity contribution in [1.29, 1.82) is 0 Å². The summed E-state index contributed by atoms with van der Waals surface area (Å²) >= 11 is 6.34. The molecule has 3 aromatic carbocycles. The summed E-state index contributed by atoms with van der Waals surface area (Å²) in [5.41, 5.74) is 0.924. The molecular formula is C29H28ClNO6. The van der Waals surface area contributed by atoms with Gasteiger partial charge in [0.05, 0.1) is 23.2 Å². The third kappa shape index (κ3) is 5.79. The molecule has 7 nitrogen and oxygen atoms in total. The van der Waals surface area contributed by atoms with Gasteiger partial charge in [-0.1, -0.05) is 41.9 Å². The highest BCUT2D eigenvalue weighted by Crippen LogP contribution is 2.41. The first kappa shape index (κ1) is 26.3. The van der Waals surface area contributed by atoms with E-state index in [1.165, 1.54) is 11.0 Å². The summed E-state index contributed by atoms with van der Waals surface area (Å²) in [4.78, 5) is 27.8. The van der Waals surface area contributed by atoms with Crippen molar-refractivity contribution in [2.24, 2.45) is 0 Å². The minimum Gasteiger partial charge on any atom is -0.507 e. The van der Waals surface area contributed by atoms with Gasteiger partial charge >= 0.3 is 0 Å². The predicted octanol–water partition coefficient (Wildman–Crippen LogP) is 5.99. The molecule has 1 fully saturated rings. The number of hydrogen-bond acceptors (Lipinski definition) is 6. The second-order valence-corrected chi connectivity index (χ2v) is 8.81. The van der Waals surface area contributed by atoms with Gasteiger partial charge in [-0.15, -0.1) is 0 Å². The molecule has 0 saturated carbocycles. The van der Waals surface area contributed by atoms with E-state index in [0.717, 1.165) is 0 Å². The molecule has 1 atom stereocenters. The van der Waals surface area contributed by atoms with Gasteiger partial charge in [-0.25, -0.2) is 0 Å². The van der Waals surface area contributed by atoms with Gasteiger partial charge in [0.2, 0.25) is 0 Å². The number of carbonyl (C=O) groups excluding carboxylic acids is 2. The first-order chi connectivity index (χ1) is 17.9. The fourth-order valence-electron chi connectivity index (χ4n) is 4.29. The predicted molar refractivity (Wildman–Crippen MR) is 141 cm³/mol. The van der Waals surface area contributed by atoms with Crippen molar-refractivity contribution in [3.8, 4) is 17.2 Å². The Balaban J connectivity index is 1.78. The molecule has 1 heterocycles. The van der Waals surface area contributed by atoms with Crippen LogP contribution < -0.4 is 9.47 Å². The first-order valence-electron chi connectivity index (χ1n) is 12.0. The molecule has 0 aliphatic carbocycles. The first-order valence-corrected chi connectivity index (χ1v) is 12.3. The maximum absolute atomic E-state index is 13.2. The van der Waals surface area contributed by atoms with Crippen LogP contribution in [0, 0.1) is 0 Å². The highest BCUT2D eigenvalue weighted by Gasteiger charge is 2.46. The Morgan fingerprint density at radius 2 is 1.76 bits per heavy atom. The Kier molecular flexibility index (Phi) is 8.48. The number of para-hydroxylation sites is 1. The van der Waals surface area contributed by atoms with E-state index in [4.69, 9.17) is 25.8 Å². The van der Waals surface area contributed by atoms with Crippen LogP contribution >= 0.6 is 11.6 Å². The summed E-state index contributed by atoms with van der Waals surface area (Å²) in [5.74, 6) is -0.110. The Hall–Kier alpha value is -3.81. The number of carbonyl (C=O) groups is 2. The molecule has 3 aromatic rings. The zero-order valence-corrected chi connectivity index (χ0v) is 21.4.